The van der Waals surface area contributed by atoms with Gasteiger partial charge in [0.05, 0.1) is 6.20 Å². The number of halogens is 1. The van der Waals surface area contributed by atoms with E-state index in [9.17, 15) is 0 Å². The first-order valence-corrected chi connectivity index (χ1v) is 6.60. The van der Waals surface area contributed by atoms with Crippen molar-refractivity contribution < 1.29 is 0 Å². The molecule has 1 unspecified atom stereocenters. The summed E-state index contributed by atoms with van der Waals surface area (Å²) in [4.78, 5) is 10.4. The van der Waals surface area contributed by atoms with Crippen LogP contribution in [0.3, 0.4) is 0 Å². The number of nitrogens with zero attached hydrogens (tertiary/aromatic N) is 3. The van der Waals surface area contributed by atoms with Gasteiger partial charge in [0.15, 0.2) is 5.82 Å². The van der Waals surface area contributed by atoms with Gasteiger partial charge in [-0.25, -0.2) is 9.97 Å². The Hall–Kier alpha value is -0.870. The molecule has 0 bridgehead atoms. The smallest absolute Gasteiger partial charge is 0.150 e. The zero-order valence-corrected chi connectivity index (χ0v) is 11.0. The summed E-state index contributed by atoms with van der Waals surface area (Å²) in [5, 5.41) is 4.08. The van der Waals surface area contributed by atoms with E-state index in [1.807, 2.05) is 0 Å². The van der Waals surface area contributed by atoms with E-state index in [0.29, 0.717) is 10.9 Å². The normalized spacial score (nSPS) is 20.2. The fraction of sp³-hybridized carbons (Fsp3) is 0.667. The van der Waals surface area contributed by atoms with Gasteiger partial charge in [-0.1, -0.05) is 11.6 Å². The minimum absolute atomic E-state index is 0.637. The van der Waals surface area contributed by atoms with E-state index in [0.717, 1.165) is 32.0 Å². The molecule has 0 spiro atoms. The second-order valence-electron chi connectivity index (χ2n) is 4.45. The fourth-order valence-electron chi connectivity index (χ4n) is 2.30. The minimum Gasteiger partial charge on any atom is -0.355 e. The van der Waals surface area contributed by atoms with E-state index in [1.165, 1.54) is 12.8 Å². The predicted molar refractivity (Wildman–Crippen MR) is 70.5 cm³/mol. The maximum absolute atomic E-state index is 6.13. The quantitative estimate of drug-likeness (QED) is 0.892. The number of rotatable bonds is 4. The van der Waals surface area contributed by atoms with Crippen molar-refractivity contribution in [2.45, 2.75) is 19.8 Å². The van der Waals surface area contributed by atoms with E-state index >= 15 is 0 Å². The molecule has 1 aromatic rings. The summed E-state index contributed by atoms with van der Waals surface area (Å²) in [7, 11) is 0. The molecular weight excluding hydrogens is 236 g/mol. The highest BCUT2D eigenvalue weighted by atomic mass is 35.5. The molecule has 5 heteroatoms. The molecule has 0 radical (unpaired) electrons. The lowest BCUT2D eigenvalue weighted by molar-refractivity contribution is 0.377. The van der Waals surface area contributed by atoms with Gasteiger partial charge < -0.3 is 10.2 Å². The summed E-state index contributed by atoms with van der Waals surface area (Å²) in [6.45, 7) is 6.32. The van der Waals surface area contributed by atoms with Crippen LogP contribution in [0.2, 0.25) is 5.02 Å². The molecular formula is C12H19ClN4. The lowest BCUT2D eigenvalue weighted by Crippen LogP contribution is -2.38. The average molecular weight is 255 g/mol. The minimum atomic E-state index is 0.637. The van der Waals surface area contributed by atoms with Crippen molar-refractivity contribution in [2.24, 2.45) is 5.92 Å². The van der Waals surface area contributed by atoms with E-state index in [1.54, 1.807) is 12.5 Å². The number of piperidine rings is 1. The topological polar surface area (TPSA) is 41.0 Å². The Morgan fingerprint density at radius 3 is 3.12 bits per heavy atom. The summed E-state index contributed by atoms with van der Waals surface area (Å²) >= 11 is 6.13. The summed E-state index contributed by atoms with van der Waals surface area (Å²) < 4.78 is 0. The van der Waals surface area contributed by atoms with Crippen molar-refractivity contribution in [1.29, 1.82) is 0 Å². The largest absolute Gasteiger partial charge is 0.355 e. The van der Waals surface area contributed by atoms with E-state index < -0.39 is 0 Å². The number of anilines is 1. The number of hydrogen-bond donors (Lipinski definition) is 1. The van der Waals surface area contributed by atoms with Gasteiger partial charge in [0.25, 0.3) is 0 Å². The summed E-state index contributed by atoms with van der Waals surface area (Å²) in [6.07, 6.45) is 5.76. The molecule has 0 saturated carbocycles. The van der Waals surface area contributed by atoms with Crippen LogP contribution in [0.1, 0.15) is 19.8 Å². The van der Waals surface area contributed by atoms with Crippen LogP contribution in [0.15, 0.2) is 12.5 Å². The van der Waals surface area contributed by atoms with Gasteiger partial charge >= 0.3 is 0 Å². The molecule has 4 nitrogen and oxygen atoms in total. The molecule has 1 aromatic heterocycles. The van der Waals surface area contributed by atoms with E-state index in [-0.39, 0.29) is 0 Å². The molecule has 1 atom stereocenters. The number of hydrogen-bond acceptors (Lipinski definition) is 4. The second kappa shape index (κ2) is 6.17. The molecule has 0 aromatic carbocycles. The number of nitrogens with one attached hydrogen (secondary N) is 1. The molecule has 0 amide bonds. The van der Waals surface area contributed by atoms with Crippen molar-refractivity contribution in [1.82, 2.24) is 15.3 Å². The van der Waals surface area contributed by atoms with Crippen molar-refractivity contribution in [3.05, 3.63) is 17.5 Å². The molecule has 94 valence electrons. The Bertz CT molecular complexity index is 352. The van der Waals surface area contributed by atoms with Crippen LogP contribution in [-0.4, -0.2) is 36.1 Å². The monoisotopic (exact) mass is 254 g/mol. The molecule has 0 aliphatic carbocycles. The highest BCUT2D eigenvalue weighted by molar-refractivity contribution is 6.32. The van der Waals surface area contributed by atoms with E-state index in [2.05, 4.69) is 27.1 Å². The molecule has 1 saturated heterocycles. The molecule has 17 heavy (non-hydrogen) atoms. The SMILES string of the molecule is CCN(CC1CCCNC1)c1ncncc1Cl. The van der Waals surface area contributed by atoms with E-state index in [4.69, 9.17) is 11.6 Å². The summed E-state index contributed by atoms with van der Waals surface area (Å²) in [5.74, 6) is 1.55. The maximum atomic E-state index is 6.13. The highest BCUT2D eigenvalue weighted by Gasteiger charge is 2.18. The molecule has 2 heterocycles. The third kappa shape index (κ3) is 3.30. The van der Waals surface area contributed by atoms with Gasteiger partial charge in [-0.15, -0.1) is 0 Å². The van der Waals surface area contributed by atoms with Gasteiger partial charge in [0.2, 0.25) is 0 Å². The predicted octanol–water partition coefficient (Wildman–Crippen LogP) is 1.96. The van der Waals surface area contributed by atoms with Crippen LogP contribution in [-0.2, 0) is 0 Å². The zero-order chi connectivity index (χ0) is 12.1. The molecule has 1 aliphatic rings. The van der Waals surface area contributed by atoms with Crippen molar-refractivity contribution >= 4 is 17.4 Å². The summed E-state index contributed by atoms with van der Waals surface area (Å²) in [5.41, 5.74) is 0. The lowest BCUT2D eigenvalue weighted by Gasteiger charge is -2.30. The maximum Gasteiger partial charge on any atom is 0.150 e. The first kappa shape index (κ1) is 12.6. The highest BCUT2D eigenvalue weighted by Crippen LogP contribution is 2.23. The van der Waals surface area contributed by atoms with Crippen molar-refractivity contribution in [3.8, 4) is 0 Å². The zero-order valence-electron chi connectivity index (χ0n) is 10.2. The first-order valence-electron chi connectivity index (χ1n) is 6.22. The van der Waals surface area contributed by atoms with Gasteiger partial charge in [0, 0.05) is 13.1 Å². The van der Waals surface area contributed by atoms with Crippen LogP contribution in [0.4, 0.5) is 5.82 Å². The third-order valence-corrected chi connectivity index (χ3v) is 3.47. The molecule has 1 N–H and O–H groups in total. The van der Waals surface area contributed by atoms with Crippen LogP contribution >= 0.6 is 11.6 Å². The fourth-order valence-corrected chi connectivity index (χ4v) is 2.52. The second-order valence-corrected chi connectivity index (χ2v) is 4.85. The van der Waals surface area contributed by atoms with Gasteiger partial charge in [-0.2, -0.15) is 0 Å². The lowest BCUT2D eigenvalue weighted by atomic mass is 9.99. The van der Waals surface area contributed by atoms with Gasteiger partial charge in [-0.05, 0) is 38.8 Å². The van der Waals surface area contributed by atoms with Crippen LogP contribution in [0, 0.1) is 5.92 Å². The Kier molecular flexibility index (Phi) is 4.57. The van der Waals surface area contributed by atoms with Crippen LogP contribution in [0.25, 0.3) is 0 Å². The van der Waals surface area contributed by atoms with Gasteiger partial charge in [-0.3, -0.25) is 0 Å². The van der Waals surface area contributed by atoms with Crippen molar-refractivity contribution in [3.63, 3.8) is 0 Å². The molecule has 1 fully saturated rings. The third-order valence-electron chi connectivity index (χ3n) is 3.21. The molecule has 2 rings (SSSR count). The Balaban J connectivity index is 2.03. The summed E-state index contributed by atoms with van der Waals surface area (Å²) in [6, 6.07) is 0. The molecule has 1 aliphatic heterocycles. The van der Waals surface area contributed by atoms with Crippen LogP contribution in [0.5, 0.6) is 0 Å². The number of aromatic nitrogens is 2. The van der Waals surface area contributed by atoms with Crippen molar-refractivity contribution in [2.75, 3.05) is 31.1 Å². The standard InChI is InChI=1S/C12H19ClN4/c1-2-17(8-10-4-3-5-14-6-10)12-11(13)7-15-9-16-12/h7,9-10,14H,2-6,8H2,1H3. The average Bonchev–Trinajstić information content (AvgIpc) is 2.38. The van der Waals surface area contributed by atoms with Crippen LogP contribution < -0.4 is 10.2 Å². The Morgan fingerprint density at radius 1 is 1.59 bits per heavy atom. The Labute approximate surface area is 107 Å². The Morgan fingerprint density at radius 2 is 2.47 bits per heavy atom. The van der Waals surface area contributed by atoms with Gasteiger partial charge in [0.1, 0.15) is 11.3 Å². The first-order chi connectivity index (χ1) is 8.31.